The maximum Gasteiger partial charge on any atom is 0.0602 e. The molecule has 0 unspecified atom stereocenters. The van der Waals surface area contributed by atoms with Crippen molar-refractivity contribution in [1.29, 1.82) is 0 Å². The summed E-state index contributed by atoms with van der Waals surface area (Å²) in [5.41, 5.74) is 1.28. The Kier molecular flexibility index (Phi) is 3.98. The van der Waals surface area contributed by atoms with Gasteiger partial charge in [-0.15, -0.1) is 0 Å². The van der Waals surface area contributed by atoms with Crippen molar-refractivity contribution < 1.29 is 5.11 Å². The smallest absolute Gasteiger partial charge is 0.0602 e. The maximum atomic E-state index is 9.81. The highest BCUT2D eigenvalue weighted by Crippen LogP contribution is 2.36. The largest absolute Gasteiger partial charge is 0.393 e. The molecule has 0 aromatic rings. The number of aliphatic hydroxyl groups excluding tert-OH is 1. The molecular formula is C12H22O. The predicted octanol–water partition coefficient (Wildman–Crippen LogP) is 3.14. The van der Waals surface area contributed by atoms with Crippen LogP contribution < -0.4 is 0 Å². The Morgan fingerprint density at radius 2 is 2.23 bits per heavy atom. The lowest BCUT2D eigenvalue weighted by atomic mass is 9.74. The van der Waals surface area contributed by atoms with E-state index in [2.05, 4.69) is 13.5 Å². The van der Waals surface area contributed by atoms with Gasteiger partial charge in [0.2, 0.25) is 0 Å². The molecule has 1 fully saturated rings. The van der Waals surface area contributed by atoms with Crippen LogP contribution in [0.1, 0.15) is 46.0 Å². The summed E-state index contributed by atoms with van der Waals surface area (Å²) in [5.74, 6) is 1.19. The predicted molar refractivity (Wildman–Crippen MR) is 56.6 cm³/mol. The van der Waals surface area contributed by atoms with Gasteiger partial charge in [-0.05, 0) is 31.6 Å². The second-order valence-corrected chi connectivity index (χ2v) is 4.29. The minimum Gasteiger partial charge on any atom is -0.393 e. The molecule has 76 valence electrons. The molecule has 0 amide bonds. The van der Waals surface area contributed by atoms with Gasteiger partial charge in [-0.2, -0.15) is 0 Å². The summed E-state index contributed by atoms with van der Waals surface area (Å²) >= 11 is 0. The molecule has 13 heavy (non-hydrogen) atoms. The van der Waals surface area contributed by atoms with E-state index in [1.165, 1.54) is 18.4 Å². The average Bonchev–Trinajstić information content (AvgIpc) is 2.17. The van der Waals surface area contributed by atoms with Crippen LogP contribution in [0.2, 0.25) is 0 Å². The van der Waals surface area contributed by atoms with Gasteiger partial charge >= 0.3 is 0 Å². The summed E-state index contributed by atoms with van der Waals surface area (Å²) in [7, 11) is 0. The first-order valence-corrected chi connectivity index (χ1v) is 5.54. The van der Waals surface area contributed by atoms with Gasteiger partial charge in [-0.1, -0.05) is 32.4 Å². The lowest BCUT2D eigenvalue weighted by Crippen LogP contribution is -2.27. The minimum absolute atomic E-state index is 0.151. The van der Waals surface area contributed by atoms with E-state index in [4.69, 9.17) is 0 Å². The zero-order valence-corrected chi connectivity index (χ0v) is 8.92. The quantitative estimate of drug-likeness (QED) is 0.665. The van der Waals surface area contributed by atoms with Crippen LogP contribution in [0.3, 0.4) is 0 Å². The molecule has 1 saturated carbocycles. The average molecular weight is 182 g/mol. The molecule has 1 rings (SSSR count). The number of aliphatic hydroxyl groups is 1. The Hall–Kier alpha value is -0.300. The van der Waals surface area contributed by atoms with Gasteiger partial charge in [0.1, 0.15) is 0 Å². The second kappa shape index (κ2) is 4.80. The van der Waals surface area contributed by atoms with Gasteiger partial charge in [-0.3, -0.25) is 0 Å². The molecule has 0 spiro atoms. The van der Waals surface area contributed by atoms with Crippen molar-refractivity contribution in [1.82, 2.24) is 0 Å². The van der Waals surface area contributed by atoms with Crippen LogP contribution in [0.25, 0.3) is 0 Å². The number of hydrogen-bond acceptors (Lipinski definition) is 1. The van der Waals surface area contributed by atoms with Crippen LogP contribution in [-0.4, -0.2) is 11.2 Å². The van der Waals surface area contributed by atoms with Crippen LogP contribution in [0.15, 0.2) is 12.2 Å². The number of hydrogen-bond donors (Lipinski definition) is 1. The first kappa shape index (κ1) is 10.8. The topological polar surface area (TPSA) is 20.2 Å². The standard InChI is InChI=1S/C12H22O/c1-4-10-7-6-9(3)11(8-10)12(13)5-2/h10-13H,3-8H2,1-2H3/t10-,11-,12-/m1/s1. The summed E-state index contributed by atoms with van der Waals surface area (Å²) in [6.07, 6.45) is 5.52. The summed E-state index contributed by atoms with van der Waals surface area (Å²) in [5, 5.41) is 9.81. The van der Waals surface area contributed by atoms with Crippen LogP contribution >= 0.6 is 0 Å². The fraction of sp³-hybridized carbons (Fsp3) is 0.833. The third-order valence-electron chi connectivity index (χ3n) is 3.45. The van der Waals surface area contributed by atoms with E-state index in [0.717, 1.165) is 25.2 Å². The summed E-state index contributed by atoms with van der Waals surface area (Å²) in [4.78, 5) is 0. The minimum atomic E-state index is -0.151. The van der Waals surface area contributed by atoms with Crippen LogP contribution in [0, 0.1) is 11.8 Å². The van der Waals surface area contributed by atoms with Gasteiger partial charge in [0.05, 0.1) is 6.10 Å². The van der Waals surface area contributed by atoms with Crippen molar-refractivity contribution in [3.8, 4) is 0 Å². The fourth-order valence-corrected chi connectivity index (χ4v) is 2.30. The molecule has 1 heteroatoms. The maximum absolute atomic E-state index is 9.81. The van der Waals surface area contributed by atoms with Crippen molar-refractivity contribution in [3.05, 3.63) is 12.2 Å². The lowest BCUT2D eigenvalue weighted by Gasteiger charge is -2.33. The molecule has 0 saturated heterocycles. The molecule has 1 N–H and O–H groups in total. The van der Waals surface area contributed by atoms with E-state index in [1.54, 1.807) is 0 Å². The summed E-state index contributed by atoms with van der Waals surface area (Å²) in [6.45, 7) is 8.37. The van der Waals surface area contributed by atoms with Crippen molar-refractivity contribution in [2.75, 3.05) is 0 Å². The highest BCUT2D eigenvalue weighted by Gasteiger charge is 2.27. The normalized spacial score (nSPS) is 31.8. The molecule has 0 aromatic carbocycles. The first-order chi connectivity index (χ1) is 6.19. The molecule has 1 aliphatic carbocycles. The summed E-state index contributed by atoms with van der Waals surface area (Å²) in [6, 6.07) is 0. The van der Waals surface area contributed by atoms with Gasteiger partial charge in [0, 0.05) is 5.92 Å². The molecule has 0 heterocycles. The van der Waals surface area contributed by atoms with E-state index in [-0.39, 0.29) is 6.10 Å². The van der Waals surface area contributed by atoms with E-state index < -0.39 is 0 Å². The number of rotatable bonds is 3. The van der Waals surface area contributed by atoms with Gasteiger partial charge in [-0.25, -0.2) is 0 Å². The molecule has 0 radical (unpaired) electrons. The van der Waals surface area contributed by atoms with Crippen molar-refractivity contribution >= 4 is 0 Å². The Labute approximate surface area is 81.9 Å². The molecular weight excluding hydrogens is 160 g/mol. The zero-order chi connectivity index (χ0) is 9.84. The fourth-order valence-electron chi connectivity index (χ4n) is 2.30. The van der Waals surface area contributed by atoms with Crippen LogP contribution in [-0.2, 0) is 0 Å². The van der Waals surface area contributed by atoms with E-state index in [9.17, 15) is 5.11 Å². The van der Waals surface area contributed by atoms with Crippen molar-refractivity contribution in [3.63, 3.8) is 0 Å². The first-order valence-electron chi connectivity index (χ1n) is 5.54. The van der Waals surface area contributed by atoms with E-state index >= 15 is 0 Å². The third-order valence-corrected chi connectivity index (χ3v) is 3.45. The van der Waals surface area contributed by atoms with Gasteiger partial charge in [0.15, 0.2) is 0 Å². The highest BCUT2D eigenvalue weighted by molar-refractivity contribution is 5.07. The Balaban J connectivity index is 2.54. The lowest BCUT2D eigenvalue weighted by molar-refractivity contribution is 0.0937. The monoisotopic (exact) mass is 182 g/mol. The molecule has 1 aliphatic rings. The van der Waals surface area contributed by atoms with E-state index in [0.29, 0.717) is 5.92 Å². The molecule has 0 bridgehead atoms. The van der Waals surface area contributed by atoms with Crippen molar-refractivity contribution in [2.45, 2.75) is 52.1 Å². The highest BCUT2D eigenvalue weighted by atomic mass is 16.3. The molecule has 0 aliphatic heterocycles. The molecule has 3 atom stereocenters. The third kappa shape index (κ3) is 2.57. The second-order valence-electron chi connectivity index (χ2n) is 4.29. The van der Waals surface area contributed by atoms with Gasteiger partial charge in [0.25, 0.3) is 0 Å². The van der Waals surface area contributed by atoms with Gasteiger partial charge < -0.3 is 5.11 Å². The Bertz CT molecular complexity index is 174. The Morgan fingerprint density at radius 1 is 1.54 bits per heavy atom. The Morgan fingerprint density at radius 3 is 2.77 bits per heavy atom. The zero-order valence-electron chi connectivity index (χ0n) is 8.92. The molecule has 0 aromatic heterocycles. The van der Waals surface area contributed by atoms with E-state index in [1.807, 2.05) is 6.92 Å². The SMILES string of the molecule is C=C1CC[C@@H](CC)C[C@H]1[C@H](O)CC. The van der Waals surface area contributed by atoms with Crippen LogP contribution in [0.4, 0.5) is 0 Å². The van der Waals surface area contributed by atoms with Crippen molar-refractivity contribution in [2.24, 2.45) is 11.8 Å². The van der Waals surface area contributed by atoms with Crippen LogP contribution in [0.5, 0.6) is 0 Å². The molecule has 1 nitrogen and oxygen atoms in total. The summed E-state index contributed by atoms with van der Waals surface area (Å²) < 4.78 is 0.